The zero-order valence-corrected chi connectivity index (χ0v) is 19.9. The van der Waals surface area contributed by atoms with E-state index in [0.29, 0.717) is 24.1 Å². The highest BCUT2D eigenvalue weighted by molar-refractivity contribution is 7.20. The summed E-state index contributed by atoms with van der Waals surface area (Å²) >= 11 is 1.42. The normalized spacial score (nSPS) is 19.1. The van der Waals surface area contributed by atoms with Crippen LogP contribution in [-0.2, 0) is 4.79 Å². The summed E-state index contributed by atoms with van der Waals surface area (Å²) < 4.78 is 5.84. The Morgan fingerprint density at radius 2 is 1.97 bits per heavy atom. The lowest BCUT2D eigenvalue weighted by Gasteiger charge is -2.32. The molecule has 3 aromatic rings. The van der Waals surface area contributed by atoms with E-state index in [1.54, 1.807) is 0 Å². The first kappa shape index (κ1) is 23.9. The van der Waals surface area contributed by atoms with Crippen LogP contribution >= 0.6 is 11.3 Å². The van der Waals surface area contributed by atoms with Gasteiger partial charge >= 0.3 is 5.76 Å². The molecule has 0 saturated heterocycles. The quantitative estimate of drug-likeness (QED) is 0.420. The number of aromatic amines is 1. The average molecular weight is 485 g/mol. The molecule has 4 rings (SSSR count). The molecule has 1 fully saturated rings. The molecule has 34 heavy (non-hydrogen) atoms. The van der Waals surface area contributed by atoms with Crippen LogP contribution in [0.3, 0.4) is 0 Å². The second-order valence-corrected chi connectivity index (χ2v) is 10.2. The predicted octanol–water partition coefficient (Wildman–Crippen LogP) is 3.28. The molecule has 3 atom stereocenters. The van der Waals surface area contributed by atoms with Crippen LogP contribution in [0.1, 0.15) is 66.3 Å². The highest BCUT2D eigenvalue weighted by atomic mass is 32.1. The van der Waals surface area contributed by atoms with Gasteiger partial charge in [0.05, 0.1) is 16.8 Å². The van der Waals surface area contributed by atoms with Crippen LogP contribution in [0, 0.1) is 11.8 Å². The van der Waals surface area contributed by atoms with Crippen LogP contribution in [0.25, 0.3) is 10.1 Å². The third kappa shape index (κ3) is 5.44. The fraction of sp³-hybridized carbons (Fsp3) is 0.458. The summed E-state index contributed by atoms with van der Waals surface area (Å²) in [7, 11) is 0. The minimum atomic E-state index is -0.875. The Labute approximate surface area is 200 Å². The number of carbonyl (C=O) groups excluding carboxylic acids is 3. The molecule has 3 N–H and O–H groups in total. The minimum absolute atomic E-state index is 0.106. The number of hydrogen-bond donors (Lipinski definition) is 3. The number of fused-ring (bicyclic) bond motifs is 1. The minimum Gasteiger partial charge on any atom is -0.384 e. The third-order valence-electron chi connectivity index (χ3n) is 6.06. The smallest absolute Gasteiger partial charge is 0.384 e. The highest BCUT2D eigenvalue weighted by Crippen LogP contribution is 2.28. The Morgan fingerprint density at radius 1 is 1.21 bits per heavy atom. The molecule has 0 aliphatic heterocycles. The first-order chi connectivity index (χ1) is 16.3. The van der Waals surface area contributed by atoms with E-state index in [1.165, 1.54) is 11.3 Å². The zero-order chi connectivity index (χ0) is 24.2. The van der Waals surface area contributed by atoms with Crippen molar-refractivity contribution in [1.82, 2.24) is 20.8 Å². The topological polar surface area (TPSA) is 134 Å². The number of carbonyl (C=O) groups is 3. The number of ketones is 1. The lowest BCUT2D eigenvalue weighted by molar-refractivity contribution is -0.127. The molecule has 0 spiro atoms. The van der Waals surface area contributed by atoms with Crippen LogP contribution in [0.15, 0.2) is 39.5 Å². The summed E-state index contributed by atoms with van der Waals surface area (Å²) in [5, 5.41) is 12.6. The molecule has 10 heteroatoms. The van der Waals surface area contributed by atoms with Crippen molar-refractivity contribution < 1.29 is 18.8 Å². The lowest BCUT2D eigenvalue weighted by Crippen LogP contribution is -2.52. The molecule has 1 aliphatic rings. The molecular weight excluding hydrogens is 456 g/mol. The van der Waals surface area contributed by atoms with E-state index in [9.17, 15) is 19.2 Å². The number of aromatic nitrogens is 2. The van der Waals surface area contributed by atoms with Crippen molar-refractivity contribution in [3.8, 4) is 0 Å². The largest absolute Gasteiger partial charge is 0.434 e. The van der Waals surface area contributed by atoms with Crippen LogP contribution in [0.4, 0.5) is 0 Å². The second kappa shape index (κ2) is 10.3. The van der Waals surface area contributed by atoms with Crippen molar-refractivity contribution in [3.63, 3.8) is 0 Å². The summed E-state index contributed by atoms with van der Waals surface area (Å²) in [6.45, 7) is 3.86. The molecule has 2 amide bonds. The van der Waals surface area contributed by atoms with E-state index < -0.39 is 23.5 Å². The third-order valence-corrected chi connectivity index (χ3v) is 7.17. The fourth-order valence-electron chi connectivity index (χ4n) is 4.42. The number of H-pyrrole nitrogens is 1. The molecule has 1 saturated carbocycles. The van der Waals surface area contributed by atoms with Crippen molar-refractivity contribution in [2.24, 2.45) is 11.8 Å². The Morgan fingerprint density at radius 3 is 2.68 bits per heavy atom. The van der Waals surface area contributed by atoms with E-state index >= 15 is 0 Å². The first-order valence-corrected chi connectivity index (χ1v) is 12.3. The summed E-state index contributed by atoms with van der Waals surface area (Å²) in [5.41, 5.74) is 0. The van der Waals surface area contributed by atoms with Gasteiger partial charge in [0.2, 0.25) is 11.7 Å². The van der Waals surface area contributed by atoms with Crippen LogP contribution in [0.2, 0.25) is 0 Å². The second-order valence-electron chi connectivity index (χ2n) is 9.09. The first-order valence-electron chi connectivity index (χ1n) is 11.5. The van der Waals surface area contributed by atoms with Crippen LogP contribution in [-0.4, -0.2) is 39.9 Å². The van der Waals surface area contributed by atoms with Crippen molar-refractivity contribution in [3.05, 3.63) is 51.7 Å². The maximum absolute atomic E-state index is 13.3. The SMILES string of the molecule is CC(C)C[C@H](NC(=O)[C@@H]1CCCC[C@@H]1NC(=O)c1cc2ccccc2s1)C(=O)c1n[nH]c(=O)o1. The number of thiophene rings is 1. The summed E-state index contributed by atoms with van der Waals surface area (Å²) in [5.74, 6) is -2.57. The standard InChI is InChI=1S/C24H28N4O5S/c1-13(2)11-17(20(29)23-27-28-24(32)33-23)26-21(30)15-8-4-5-9-16(15)25-22(31)19-12-14-7-3-6-10-18(14)34-19/h3,6-7,10,12-13,15-17H,4-5,8-9,11H2,1-2H3,(H,25,31)(H,26,30)(H,28,32)/t15-,16+,17+/m1/s1. The number of Topliss-reactive ketones (excluding diaryl/α,β-unsaturated/α-hetero) is 1. The van der Waals surface area contributed by atoms with Gasteiger partial charge in [0.25, 0.3) is 11.8 Å². The summed E-state index contributed by atoms with van der Waals surface area (Å²) in [6.07, 6.45) is 3.44. The summed E-state index contributed by atoms with van der Waals surface area (Å²) in [4.78, 5) is 51.0. The van der Waals surface area contributed by atoms with Gasteiger partial charge in [0.1, 0.15) is 0 Å². The number of benzene rings is 1. The van der Waals surface area contributed by atoms with Gasteiger partial charge in [-0.25, -0.2) is 9.89 Å². The monoisotopic (exact) mass is 484 g/mol. The number of nitrogens with zero attached hydrogens (tertiary/aromatic N) is 1. The molecule has 0 unspecified atom stereocenters. The predicted molar refractivity (Wildman–Crippen MR) is 128 cm³/mol. The van der Waals surface area contributed by atoms with Crippen LogP contribution in [0.5, 0.6) is 0 Å². The van der Waals surface area contributed by atoms with Gasteiger partial charge in [0, 0.05) is 10.7 Å². The molecule has 0 radical (unpaired) electrons. The molecule has 1 aromatic carbocycles. The average Bonchev–Trinajstić information content (AvgIpc) is 3.44. The molecule has 9 nitrogen and oxygen atoms in total. The number of hydrogen-bond acceptors (Lipinski definition) is 7. The maximum atomic E-state index is 13.3. The van der Waals surface area contributed by atoms with E-state index in [0.717, 1.165) is 22.9 Å². The van der Waals surface area contributed by atoms with Gasteiger partial charge in [-0.2, -0.15) is 0 Å². The maximum Gasteiger partial charge on any atom is 0.434 e. The van der Waals surface area contributed by atoms with Crippen LogP contribution < -0.4 is 16.4 Å². The van der Waals surface area contributed by atoms with E-state index in [-0.39, 0.29) is 29.7 Å². The lowest BCUT2D eigenvalue weighted by atomic mass is 9.83. The van der Waals surface area contributed by atoms with Crippen molar-refractivity contribution in [2.45, 2.75) is 58.0 Å². The van der Waals surface area contributed by atoms with E-state index in [1.807, 2.05) is 44.2 Å². The van der Waals surface area contributed by atoms with Crippen molar-refractivity contribution in [2.75, 3.05) is 0 Å². The fourth-order valence-corrected chi connectivity index (χ4v) is 5.38. The molecule has 0 bridgehead atoms. The van der Waals surface area contributed by atoms with Crippen molar-refractivity contribution in [1.29, 1.82) is 0 Å². The number of rotatable bonds is 8. The Kier molecular flexibility index (Phi) is 7.26. The Balaban J connectivity index is 1.47. The zero-order valence-electron chi connectivity index (χ0n) is 19.1. The van der Waals surface area contributed by atoms with Gasteiger partial charge in [-0.15, -0.1) is 16.4 Å². The van der Waals surface area contributed by atoms with Gasteiger partial charge in [-0.3, -0.25) is 14.4 Å². The number of nitrogens with one attached hydrogen (secondary N) is 3. The molecule has 2 heterocycles. The molecule has 2 aromatic heterocycles. The molecule has 180 valence electrons. The highest BCUT2D eigenvalue weighted by Gasteiger charge is 2.35. The Hall–Kier alpha value is -3.27. The Bertz CT molecular complexity index is 1210. The van der Waals surface area contributed by atoms with Gasteiger partial charge in [-0.05, 0) is 42.7 Å². The van der Waals surface area contributed by atoms with Gasteiger partial charge in [0.15, 0.2) is 0 Å². The van der Waals surface area contributed by atoms with Gasteiger partial charge < -0.3 is 15.1 Å². The molecular formula is C24H28N4O5S. The van der Waals surface area contributed by atoms with Crippen molar-refractivity contribution >= 4 is 39.0 Å². The van der Waals surface area contributed by atoms with E-state index in [2.05, 4.69) is 20.8 Å². The summed E-state index contributed by atoms with van der Waals surface area (Å²) in [6, 6.07) is 8.46. The number of amides is 2. The molecule has 1 aliphatic carbocycles. The van der Waals surface area contributed by atoms with E-state index in [4.69, 9.17) is 4.42 Å². The van der Waals surface area contributed by atoms with Gasteiger partial charge in [-0.1, -0.05) is 44.9 Å².